The molecule has 1 rings (SSSR count). The molecule has 0 aromatic heterocycles. The van der Waals surface area contributed by atoms with Gasteiger partial charge in [-0.15, -0.1) is 0 Å². The fourth-order valence-electron chi connectivity index (χ4n) is 1.31. The maximum atomic E-state index is 11.7. The van der Waals surface area contributed by atoms with Crippen LogP contribution in [-0.2, 0) is 4.79 Å². The molecule has 1 aromatic carbocycles. The minimum Gasteiger partial charge on any atom is -0.497 e. The van der Waals surface area contributed by atoms with Crippen molar-refractivity contribution < 1.29 is 14.3 Å². The number of benzene rings is 1. The van der Waals surface area contributed by atoms with Crippen molar-refractivity contribution in [3.8, 4) is 5.75 Å². The number of hydrogen-bond acceptors (Lipinski definition) is 4. The Labute approximate surface area is 106 Å². The van der Waals surface area contributed by atoms with Crippen LogP contribution in [0.4, 0.5) is 0 Å². The molecule has 5 heteroatoms. The van der Waals surface area contributed by atoms with Gasteiger partial charge in [-0.25, -0.2) is 0 Å². The van der Waals surface area contributed by atoms with Gasteiger partial charge in [0.05, 0.1) is 7.11 Å². The van der Waals surface area contributed by atoms with Crippen molar-refractivity contribution in [3.63, 3.8) is 0 Å². The molecule has 0 aliphatic carbocycles. The molecule has 96 valence electrons. The number of hydrazine groups is 1. The summed E-state index contributed by atoms with van der Waals surface area (Å²) in [6.45, 7) is 3.13. The van der Waals surface area contributed by atoms with Crippen LogP contribution in [-0.4, -0.2) is 18.8 Å². The van der Waals surface area contributed by atoms with Gasteiger partial charge in [0.15, 0.2) is 5.78 Å². The predicted molar refractivity (Wildman–Crippen MR) is 68.0 cm³/mol. The van der Waals surface area contributed by atoms with E-state index in [1.165, 1.54) is 13.0 Å². The zero-order valence-electron chi connectivity index (χ0n) is 10.6. The molecule has 0 atom stereocenters. The largest absolute Gasteiger partial charge is 0.497 e. The van der Waals surface area contributed by atoms with Crippen molar-refractivity contribution >= 4 is 11.7 Å². The van der Waals surface area contributed by atoms with E-state index in [-0.39, 0.29) is 11.7 Å². The molecule has 1 amide bonds. The summed E-state index contributed by atoms with van der Waals surface area (Å²) in [5.74, 6) is 0.319. The van der Waals surface area contributed by atoms with Crippen LogP contribution < -0.4 is 15.6 Å². The molecule has 1 aromatic rings. The highest BCUT2D eigenvalue weighted by Crippen LogP contribution is 2.10. The van der Waals surface area contributed by atoms with Gasteiger partial charge in [0, 0.05) is 17.3 Å². The van der Waals surface area contributed by atoms with E-state index < -0.39 is 0 Å². The third-order valence-corrected chi connectivity index (χ3v) is 2.15. The molecule has 18 heavy (non-hydrogen) atoms. The number of nitrogens with one attached hydrogen (secondary N) is 2. The average molecular weight is 248 g/mol. The quantitative estimate of drug-likeness (QED) is 0.611. The van der Waals surface area contributed by atoms with Gasteiger partial charge < -0.3 is 10.2 Å². The Balaban J connectivity index is 2.57. The summed E-state index contributed by atoms with van der Waals surface area (Å²) in [6, 6.07) is 6.71. The van der Waals surface area contributed by atoms with Gasteiger partial charge in [-0.3, -0.25) is 15.0 Å². The first-order valence-electron chi connectivity index (χ1n) is 5.42. The number of methoxy groups -OCH3 is 1. The third kappa shape index (κ3) is 4.29. The van der Waals surface area contributed by atoms with E-state index in [0.29, 0.717) is 17.0 Å². The number of ketones is 1. The molecule has 2 N–H and O–H groups in total. The molecule has 0 spiro atoms. The first-order valence-corrected chi connectivity index (χ1v) is 5.42. The van der Waals surface area contributed by atoms with Gasteiger partial charge in [-0.2, -0.15) is 0 Å². The van der Waals surface area contributed by atoms with Gasteiger partial charge in [0.1, 0.15) is 5.75 Å². The van der Waals surface area contributed by atoms with E-state index in [9.17, 15) is 9.59 Å². The topological polar surface area (TPSA) is 67.4 Å². The SMILES string of the molecule is COc1ccc(C(=O)NN/C(C)=C/C(C)=O)cc1. The van der Waals surface area contributed by atoms with Crippen molar-refractivity contribution in [1.82, 2.24) is 10.9 Å². The van der Waals surface area contributed by atoms with Crippen LogP contribution in [0.5, 0.6) is 5.75 Å². The molecular weight excluding hydrogens is 232 g/mol. The van der Waals surface area contributed by atoms with Crippen LogP contribution in [0.25, 0.3) is 0 Å². The predicted octanol–water partition coefficient (Wildman–Crippen LogP) is 1.42. The minimum atomic E-state index is -0.283. The van der Waals surface area contributed by atoms with E-state index in [4.69, 9.17) is 4.74 Å². The van der Waals surface area contributed by atoms with E-state index in [2.05, 4.69) is 10.9 Å². The van der Waals surface area contributed by atoms with Crippen LogP contribution >= 0.6 is 0 Å². The number of carbonyl (C=O) groups excluding carboxylic acids is 2. The Kier molecular flexibility index (Phi) is 4.92. The molecule has 0 saturated heterocycles. The number of amides is 1. The van der Waals surface area contributed by atoms with Gasteiger partial charge in [-0.1, -0.05) is 0 Å². The van der Waals surface area contributed by atoms with Crippen molar-refractivity contribution in [2.75, 3.05) is 7.11 Å². The van der Waals surface area contributed by atoms with Crippen LogP contribution in [0.1, 0.15) is 24.2 Å². The normalized spacial score (nSPS) is 10.7. The fraction of sp³-hybridized carbons (Fsp3) is 0.231. The molecule has 0 aliphatic heterocycles. The Morgan fingerprint density at radius 2 is 1.72 bits per heavy atom. The van der Waals surface area contributed by atoms with Gasteiger partial charge in [-0.05, 0) is 38.1 Å². The van der Waals surface area contributed by atoms with E-state index in [0.717, 1.165) is 0 Å². The summed E-state index contributed by atoms with van der Waals surface area (Å²) in [4.78, 5) is 22.5. The molecule has 0 bridgehead atoms. The lowest BCUT2D eigenvalue weighted by Gasteiger charge is -2.08. The van der Waals surface area contributed by atoms with Crippen LogP contribution in [0.3, 0.4) is 0 Å². The minimum absolute atomic E-state index is 0.0845. The van der Waals surface area contributed by atoms with Crippen molar-refractivity contribution in [2.45, 2.75) is 13.8 Å². The maximum Gasteiger partial charge on any atom is 0.269 e. The number of hydrogen-bond donors (Lipinski definition) is 2. The van der Waals surface area contributed by atoms with Crippen molar-refractivity contribution in [2.24, 2.45) is 0 Å². The molecular formula is C13H16N2O3. The zero-order valence-corrected chi connectivity index (χ0v) is 10.6. The number of ether oxygens (including phenoxy) is 1. The summed E-state index contributed by atoms with van der Waals surface area (Å²) < 4.78 is 5.00. The molecule has 0 heterocycles. The second-order valence-corrected chi connectivity index (χ2v) is 3.75. The summed E-state index contributed by atoms with van der Waals surface area (Å²) >= 11 is 0. The molecule has 0 aliphatic rings. The van der Waals surface area contributed by atoms with Crippen LogP contribution in [0.2, 0.25) is 0 Å². The lowest BCUT2D eigenvalue weighted by atomic mass is 10.2. The average Bonchev–Trinajstić information content (AvgIpc) is 2.35. The lowest BCUT2D eigenvalue weighted by molar-refractivity contribution is -0.112. The Hall–Kier alpha value is -2.30. The highest BCUT2D eigenvalue weighted by Gasteiger charge is 2.04. The second-order valence-electron chi connectivity index (χ2n) is 3.75. The van der Waals surface area contributed by atoms with E-state index in [1.54, 1.807) is 38.3 Å². The van der Waals surface area contributed by atoms with Gasteiger partial charge in [0.2, 0.25) is 0 Å². The number of allylic oxidation sites excluding steroid dienone is 2. The monoisotopic (exact) mass is 248 g/mol. The lowest BCUT2D eigenvalue weighted by Crippen LogP contribution is -2.36. The number of rotatable bonds is 5. The van der Waals surface area contributed by atoms with Crippen LogP contribution in [0.15, 0.2) is 36.0 Å². The standard InChI is InChI=1S/C13H16N2O3/c1-9(8-10(2)16)14-15-13(17)11-4-6-12(18-3)7-5-11/h4-8,14H,1-3H3,(H,15,17)/b9-8+. The zero-order chi connectivity index (χ0) is 13.5. The summed E-state index contributed by atoms with van der Waals surface area (Å²) in [5.41, 5.74) is 6.21. The third-order valence-electron chi connectivity index (χ3n) is 2.15. The summed E-state index contributed by atoms with van der Waals surface area (Å²) in [7, 11) is 1.56. The van der Waals surface area contributed by atoms with Gasteiger partial charge in [0.25, 0.3) is 5.91 Å². The second kappa shape index (κ2) is 6.44. The molecule has 0 fully saturated rings. The highest BCUT2D eigenvalue weighted by atomic mass is 16.5. The molecule has 0 radical (unpaired) electrons. The Bertz CT molecular complexity index is 464. The molecule has 0 saturated carbocycles. The Morgan fingerprint density at radius 3 is 2.22 bits per heavy atom. The van der Waals surface area contributed by atoms with Crippen LogP contribution in [0, 0.1) is 0 Å². The number of carbonyl (C=O) groups is 2. The molecule has 0 unspecified atom stereocenters. The highest BCUT2D eigenvalue weighted by molar-refractivity contribution is 5.94. The van der Waals surface area contributed by atoms with Crippen molar-refractivity contribution in [3.05, 3.63) is 41.6 Å². The van der Waals surface area contributed by atoms with Crippen molar-refractivity contribution in [1.29, 1.82) is 0 Å². The molecule has 5 nitrogen and oxygen atoms in total. The summed E-state index contributed by atoms with van der Waals surface area (Å²) in [6.07, 6.45) is 1.40. The fourth-order valence-corrected chi connectivity index (χ4v) is 1.31. The first kappa shape index (κ1) is 13.8. The van der Waals surface area contributed by atoms with E-state index >= 15 is 0 Å². The maximum absolute atomic E-state index is 11.7. The summed E-state index contributed by atoms with van der Waals surface area (Å²) in [5, 5.41) is 0. The van der Waals surface area contributed by atoms with E-state index in [1.807, 2.05) is 0 Å². The first-order chi connectivity index (χ1) is 8.52. The van der Waals surface area contributed by atoms with Gasteiger partial charge >= 0.3 is 0 Å². The smallest absolute Gasteiger partial charge is 0.269 e. The Morgan fingerprint density at radius 1 is 1.11 bits per heavy atom.